The van der Waals surface area contributed by atoms with Crippen molar-refractivity contribution in [1.29, 1.82) is 0 Å². The molecule has 0 bridgehead atoms. The summed E-state index contributed by atoms with van der Waals surface area (Å²) in [6.07, 6.45) is 2.59. The summed E-state index contributed by atoms with van der Waals surface area (Å²) < 4.78 is 5.12. The van der Waals surface area contributed by atoms with Gasteiger partial charge < -0.3 is 14.8 Å². The van der Waals surface area contributed by atoms with Crippen LogP contribution in [0, 0.1) is 0 Å². The van der Waals surface area contributed by atoms with Crippen LogP contribution in [-0.2, 0) is 13.0 Å². The topological polar surface area (TPSA) is 75.4 Å². The van der Waals surface area contributed by atoms with E-state index in [0.29, 0.717) is 12.3 Å². The molecule has 2 aromatic heterocycles. The van der Waals surface area contributed by atoms with E-state index < -0.39 is 5.97 Å². The minimum atomic E-state index is -1.05. The first-order valence-corrected chi connectivity index (χ1v) is 5.68. The Morgan fingerprint density at radius 1 is 1.33 bits per heavy atom. The summed E-state index contributed by atoms with van der Waals surface area (Å²) in [6, 6.07) is 8.92. The summed E-state index contributed by atoms with van der Waals surface area (Å²) in [5.74, 6) is -0.459. The van der Waals surface area contributed by atoms with Crippen LogP contribution in [0.1, 0.15) is 22.0 Å². The molecule has 0 aliphatic heterocycles. The molecule has 0 atom stereocenters. The number of carboxylic acids is 1. The van der Waals surface area contributed by atoms with Crippen LogP contribution in [0.15, 0.2) is 40.9 Å². The zero-order valence-corrected chi connectivity index (χ0v) is 9.80. The van der Waals surface area contributed by atoms with E-state index in [-0.39, 0.29) is 5.76 Å². The van der Waals surface area contributed by atoms with Crippen molar-refractivity contribution in [2.75, 3.05) is 6.54 Å². The number of nitrogens with one attached hydrogen (secondary N) is 1. The Balaban J connectivity index is 1.73. The summed E-state index contributed by atoms with van der Waals surface area (Å²) in [5.41, 5.74) is 1.02. The number of carbonyl (C=O) groups is 1. The van der Waals surface area contributed by atoms with Crippen LogP contribution in [0.2, 0.25) is 0 Å². The third-order valence-electron chi connectivity index (χ3n) is 2.46. The van der Waals surface area contributed by atoms with Crippen molar-refractivity contribution in [2.24, 2.45) is 0 Å². The highest BCUT2D eigenvalue weighted by atomic mass is 16.4. The van der Waals surface area contributed by atoms with Crippen molar-refractivity contribution in [2.45, 2.75) is 13.0 Å². The number of hydrogen-bond acceptors (Lipinski definition) is 4. The van der Waals surface area contributed by atoms with Crippen LogP contribution in [-0.4, -0.2) is 22.6 Å². The number of rotatable bonds is 6. The van der Waals surface area contributed by atoms with E-state index in [1.165, 1.54) is 6.07 Å². The second-order valence-electron chi connectivity index (χ2n) is 3.82. The normalized spacial score (nSPS) is 10.4. The maximum Gasteiger partial charge on any atom is 0.371 e. The fourth-order valence-corrected chi connectivity index (χ4v) is 1.56. The Morgan fingerprint density at radius 3 is 2.89 bits per heavy atom. The molecule has 0 aliphatic carbocycles. The van der Waals surface area contributed by atoms with Crippen LogP contribution >= 0.6 is 0 Å². The largest absolute Gasteiger partial charge is 0.475 e. The van der Waals surface area contributed by atoms with Gasteiger partial charge in [-0.1, -0.05) is 6.07 Å². The van der Waals surface area contributed by atoms with E-state index in [1.54, 1.807) is 12.3 Å². The summed E-state index contributed by atoms with van der Waals surface area (Å²) in [4.78, 5) is 14.8. The van der Waals surface area contributed by atoms with Gasteiger partial charge in [0.15, 0.2) is 0 Å². The summed E-state index contributed by atoms with van der Waals surface area (Å²) >= 11 is 0. The Hall–Kier alpha value is -2.14. The van der Waals surface area contributed by atoms with Crippen molar-refractivity contribution in [3.8, 4) is 0 Å². The molecule has 18 heavy (non-hydrogen) atoms. The van der Waals surface area contributed by atoms with E-state index in [4.69, 9.17) is 9.52 Å². The standard InChI is InChI=1S/C13H14N2O3/c16-13(17)12-5-4-11(18-12)9-14-8-6-10-3-1-2-7-15-10/h1-5,7,14H,6,8-9H2,(H,16,17). The van der Waals surface area contributed by atoms with Crippen LogP contribution < -0.4 is 5.32 Å². The van der Waals surface area contributed by atoms with Crippen LogP contribution in [0.3, 0.4) is 0 Å². The van der Waals surface area contributed by atoms with Gasteiger partial charge >= 0.3 is 5.97 Å². The lowest BCUT2D eigenvalue weighted by Crippen LogP contribution is -2.16. The molecule has 0 unspecified atom stereocenters. The van der Waals surface area contributed by atoms with Crippen LogP contribution in [0.25, 0.3) is 0 Å². The molecule has 94 valence electrons. The fourth-order valence-electron chi connectivity index (χ4n) is 1.56. The maximum absolute atomic E-state index is 10.6. The molecule has 2 rings (SSSR count). The monoisotopic (exact) mass is 246 g/mol. The molecule has 2 aromatic rings. The fraction of sp³-hybridized carbons (Fsp3) is 0.231. The first kappa shape index (κ1) is 12.3. The average Bonchev–Trinajstić information content (AvgIpc) is 2.85. The zero-order chi connectivity index (χ0) is 12.8. The van der Waals surface area contributed by atoms with Gasteiger partial charge in [-0.05, 0) is 24.3 Å². The van der Waals surface area contributed by atoms with Gasteiger partial charge in [0.05, 0.1) is 6.54 Å². The van der Waals surface area contributed by atoms with Gasteiger partial charge in [-0.15, -0.1) is 0 Å². The number of pyridine rings is 1. The first-order chi connectivity index (χ1) is 8.75. The van der Waals surface area contributed by atoms with Crippen molar-refractivity contribution in [1.82, 2.24) is 10.3 Å². The lowest BCUT2D eigenvalue weighted by molar-refractivity contribution is 0.0660. The molecule has 0 fully saturated rings. The highest BCUT2D eigenvalue weighted by Gasteiger charge is 2.08. The van der Waals surface area contributed by atoms with E-state index in [2.05, 4.69) is 10.3 Å². The number of nitrogens with zero attached hydrogens (tertiary/aromatic N) is 1. The van der Waals surface area contributed by atoms with E-state index in [9.17, 15) is 4.79 Å². The van der Waals surface area contributed by atoms with Gasteiger partial charge in [0.1, 0.15) is 5.76 Å². The molecule has 0 radical (unpaired) electrons. The van der Waals surface area contributed by atoms with E-state index in [1.807, 2.05) is 18.2 Å². The number of aromatic carboxylic acids is 1. The van der Waals surface area contributed by atoms with Gasteiger partial charge in [0.2, 0.25) is 5.76 Å². The molecule has 5 nitrogen and oxygen atoms in total. The molecule has 5 heteroatoms. The van der Waals surface area contributed by atoms with Crippen molar-refractivity contribution in [3.63, 3.8) is 0 Å². The molecule has 2 N–H and O–H groups in total. The minimum Gasteiger partial charge on any atom is -0.475 e. The number of furan rings is 1. The summed E-state index contributed by atoms with van der Waals surface area (Å²) in [6.45, 7) is 1.28. The molecule has 0 aromatic carbocycles. The predicted octanol–water partition coefficient (Wildman–Crippen LogP) is 1.71. The lowest BCUT2D eigenvalue weighted by Gasteiger charge is -2.02. The number of carboxylic acid groups (broad SMARTS) is 1. The summed E-state index contributed by atoms with van der Waals surface area (Å²) in [5, 5.41) is 11.9. The Bertz CT molecular complexity index is 508. The van der Waals surface area contributed by atoms with Crippen molar-refractivity contribution in [3.05, 3.63) is 53.7 Å². The molecule has 0 amide bonds. The van der Waals surface area contributed by atoms with Gasteiger partial charge in [-0.25, -0.2) is 4.79 Å². The lowest BCUT2D eigenvalue weighted by atomic mass is 10.3. The van der Waals surface area contributed by atoms with E-state index in [0.717, 1.165) is 18.7 Å². The predicted molar refractivity (Wildman–Crippen MR) is 65.3 cm³/mol. The van der Waals surface area contributed by atoms with Crippen molar-refractivity contribution >= 4 is 5.97 Å². The molecule has 2 heterocycles. The smallest absolute Gasteiger partial charge is 0.371 e. The Kier molecular flexibility index (Phi) is 4.09. The quantitative estimate of drug-likeness (QED) is 0.759. The average molecular weight is 246 g/mol. The third kappa shape index (κ3) is 3.43. The van der Waals surface area contributed by atoms with Gasteiger partial charge in [-0.3, -0.25) is 4.98 Å². The second-order valence-corrected chi connectivity index (χ2v) is 3.82. The Morgan fingerprint density at radius 2 is 2.22 bits per heavy atom. The van der Waals surface area contributed by atoms with Gasteiger partial charge in [-0.2, -0.15) is 0 Å². The Labute approximate surface area is 104 Å². The highest BCUT2D eigenvalue weighted by molar-refractivity contribution is 5.84. The molecular formula is C13H14N2O3. The number of hydrogen-bond donors (Lipinski definition) is 2. The first-order valence-electron chi connectivity index (χ1n) is 5.68. The molecule has 0 aliphatic rings. The zero-order valence-electron chi connectivity index (χ0n) is 9.80. The van der Waals surface area contributed by atoms with Crippen LogP contribution in [0.5, 0.6) is 0 Å². The minimum absolute atomic E-state index is 0.0310. The number of aromatic nitrogens is 1. The molecule has 0 saturated carbocycles. The SMILES string of the molecule is O=C(O)c1ccc(CNCCc2ccccn2)o1. The maximum atomic E-state index is 10.6. The van der Waals surface area contributed by atoms with Crippen molar-refractivity contribution < 1.29 is 14.3 Å². The van der Waals surface area contributed by atoms with Crippen LogP contribution in [0.4, 0.5) is 0 Å². The van der Waals surface area contributed by atoms with Gasteiger partial charge in [0.25, 0.3) is 0 Å². The molecular weight excluding hydrogens is 232 g/mol. The highest BCUT2D eigenvalue weighted by Crippen LogP contribution is 2.07. The second kappa shape index (κ2) is 5.97. The third-order valence-corrected chi connectivity index (χ3v) is 2.46. The van der Waals surface area contributed by atoms with Gasteiger partial charge in [0, 0.05) is 24.9 Å². The molecule has 0 spiro atoms. The van der Waals surface area contributed by atoms with E-state index >= 15 is 0 Å². The molecule has 0 saturated heterocycles. The summed E-state index contributed by atoms with van der Waals surface area (Å²) in [7, 11) is 0.